The molecule has 2 aromatic heterocycles. The zero-order valence-electron chi connectivity index (χ0n) is 15.0. The maximum absolute atomic E-state index is 13.0. The quantitative estimate of drug-likeness (QED) is 0.772. The Labute approximate surface area is 157 Å². The second-order valence-corrected chi connectivity index (χ2v) is 7.93. The van der Waals surface area contributed by atoms with Crippen LogP contribution < -0.4 is 0 Å². The Balaban J connectivity index is 1.56. The van der Waals surface area contributed by atoms with Crippen LogP contribution in [-0.4, -0.2) is 52.1 Å². The van der Waals surface area contributed by atoms with E-state index >= 15 is 0 Å². The number of nitrogens with one attached hydrogen (secondary N) is 1. The van der Waals surface area contributed by atoms with E-state index in [9.17, 15) is 4.79 Å². The van der Waals surface area contributed by atoms with Gasteiger partial charge >= 0.3 is 0 Å². The van der Waals surface area contributed by atoms with Crippen LogP contribution in [0.4, 0.5) is 0 Å². The van der Waals surface area contributed by atoms with Crippen LogP contribution in [0.2, 0.25) is 0 Å². The third kappa shape index (κ3) is 3.34. The van der Waals surface area contributed by atoms with Gasteiger partial charge in [-0.15, -0.1) is 11.8 Å². The number of thioether (sulfide) groups is 1. The summed E-state index contributed by atoms with van der Waals surface area (Å²) in [6.45, 7) is 2.11. The molecule has 1 aliphatic rings. The monoisotopic (exact) mass is 366 g/mol. The zero-order chi connectivity index (χ0) is 18.1. The van der Waals surface area contributed by atoms with Gasteiger partial charge in [-0.2, -0.15) is 0 Å². The standard InChI is InChI=1S/C20H22N4OS/c1-23(2)12-15-8-7-14(11-21-15)20(25)24-9-10-26-19-16-5-3-4-6-17(16)22-18(19)13-24/h3-8,11,22H,9-10,12-13H2,1-2H3. The van der Waals surface area contributed by atoms with E-state index in [1.54, 1.807) is 6.20 Å². The maximum atomic E-state index is 13.0. The van der Waals surface area contributed by atoms with E-state index < -0.39 is 0 Å². The van der Waals surface area contributed by atoms with Crippen LogP contribution in [0.1, 0.15) is 21.7 Å². The Hall–Kier alpha value is -2.31. The highest BCUT2D eigenvalue weighted by Crippen LogP contribution is 2.34. The Kier molecular flexibility index (Phi) is 4.70. The molecule has 1 aromatic carbocycles. The molecular weight excluding hydrogens is 344 g/mol. The summed E-state index contributed by atoms with van der Waals surface area (Å²) >= 11 is 1.83. The van der Waals surface area contributed by atoms with E-state index in [2.05, 4.69) is 33.1 Å². The van der Waals surface area contributed by atoms with Crippen molar-refractivity contribution in [3.8, 4) is 0 Å². The number of rotatable bonds is 3. The number of aromatic amines is 1. The van der Waals surface area contributed by atoms with Crippen LogP contribution in [0.3, 0.4) is 0 Å². The molecule has 1 aliphatic heterocycles. The van der Waals surface area contributed by atoms with Crippen LogP contribution in [0.25, 0.3) is 10.9 Å². The zero-order valence-corrected chi connectivity index (χ0v) is 15.8. The summed E-state index contributed by atoms with van der Waals surface area (Å²) in [6, 6.07) is 12.2. The molecule has 0 atom stereocenters. The lowest BCUT2D eigenvalue weighted by Crippen LogP contribution is -2.32. The second kappa shape index (κ2) is 7.13. The summed E-state index contributed by atoms with van der Waals surface area (Å²) in [7, 11) is 4.02. The molecule has 3 aromatic rings. The predicted octanol–water partition coefficient (Wildman–Crippen LogP) is 3.37. The van der Waals surface area contributed by atoms with Crippen molar-refractivity contribution in [3.05, 3.63) is 59.5 Å². The van der Waals surface area contributed by atoms with Crippen molar-refractivity contribution in [2.75, 3.05) is 26.4 Å². The predicted molar refractivity (Wildman–Crippen MR) is 105 cm³/mol. The number of hydrogen-bond donors (Lipinski definition) is 1. The van der Waals surface area contributed by atoms with Gasteiger partial charge in [0, 0.05) is 46.5 Å². The Morgan fingerprint density at radius 3 is 2.88 bits per heavy atom. The average Bonchev–Trinajstić information content (AvgIpc) is 2.84. The summed E-state index contributed by atoms with van der Waals surface area (Å²) in [5.74, 6) is 0.938. The van der Waals surface area contributed by atoms with Gasteiger partial charge in [-0.05, 0) is 32.3 Å². The SMILES string of the molecule is CN(C)Cc1ccc(C(=O)N2CCSc3c([nH]c4ccccc34)C2)cn1. The number of benzene rings is 1. The third-order valence-electron chi connectivity index (χ3n) is 4.53. The van der Waals surface area contributed by atoms with Gasteiger partial charge < -0.3 is 14.8 Å². The molecule has 0 spiro atoms. The highest BCUT2D eigenvalue weighted by atomic mass is 32.2. The molecule has 134 valence electrons. The number of hydrogen-bond acceptors (Lipinski definition) is 4. The summed E-state index contributed by atoms with van der Waals surface area (Å²) in [6.07, 6.45) is 1.70. The van der Waals surface area contributed by atoms with Gasteiger partial charge in [-0.1, -0.05) is 18.2 Å². The van der Waals surface area contributed by atoms with Crippen LogP contribution >= 0.6 is 11.8 Å². The molecule has 0 unspecified atom stereocenters. The number of fused-ring (bicyclic) bond motifs is 3. The number of para-hydroxylation sites is 1. The largest absolute Gasteiger partial charge is 0.356 e. The maximum Gasteiger partial charge on any atom is 0.255 e. The molecule has 1 amide bonds. The summed E-state index contributed by atoms with van der Waals surface area (Å²) < 4.78 is 0. The molecule has 0 bridgehead atoms. The van der Waals surface area contributed by atoms with Gasteiger partial charge in [0.2, 0.25) is 0 Å². The molecule has 0 saturated heterocycles. The summed E-state index contributed by atoms with van der Waals surface area (Å²) in [5, 5.41) is 1.25. The molecule has 0 radical (unpaired) electrons. The van der Waals surface area contributed by atoms with Crippen LogP contribution in [0.15, 0.2) is 47.5 Å². The van der Waals surface area contributed by atoms with Crippen molar-refractivity contribution < 1.29 is 4.79 Å². The second-order valence-electron chi connectivity index (χ2n) is 6.83. The van der Waals surface area contributed by atoms with E-state index in [4.69, 9.17) is 0 Å². The van der Waals surface area contributed by atoms with Crippen molar-refractivity contribution in [2.24, 2.45) is 0 Å². The number of pyridine rings is 1. The number of aromatic nitrogens is 2. The van der Waals surface area contributed by atoms with Crippen LogP contribution in [-0.2, 0) is 13.1 Å². The molecule has 3 heterocycles. The molecule has 1 N–H and O–H groups in total. The number of amides is 1. The van der Waals surface area contributed by atoms with Gasteiger partial charge in [0.1, 0.15) is 0 Å². The Bertz CT molecular complexity index is 933. The van der Waals surface area contributed by atoms with E-state index in [-0.39, 0.29) is 5.91 Å². The van der Waals surface area contributed by atoms with Gasteiger partial charge in [-0.3, -0.25) is 9.78 Å². The van der Waals surface area contributed by atoms with E-state index in [1.807, 2.05) is 49.0 Å². The number of H-pyrrole nitrogens is 1. The minimum absolute atomic E-state index is 0.0426. The van der Waals surface area contributed by atoms with Crippen molar-refractivity contribution in [1.82, 2.24) is 19.8 Å². The molecule has 0 fully saturated rings. The molecular formula is C20H22N4OS. The third-order valence-corrected chi connectivity index (χ3v) is 5.67. The van der Waals surface area contributed by atoms with Crippen molar-refractivity contribution in [1.29, 1.82) is 0 Å². The lowest BCUT2D eigenvalue weighted by atomic mass is 10.2. The first-order chi connectivity index (χ1) is 12.6. The average molecular weight is 366 g/mol. The molecule has 0 aliphatic carbocycles. The topological polar surface area (TPSA) is 52.2 Å². The fraction of sp³-hybridized carbons (Fsp3) is 0.300. The van der Waals surface area contributed by atoms with Crippen molar-refractivity contribution in [2.45, 2.75) is 18.0 Å². The normalized spacial score (nSPS) is 14.5. The summed E-state index contributed by atoms with van der Waals surface area (Å²) in [4.78, 5) is 26.1. The lowest BCUT2D eigenvalue weighted by Gasteiger charge is -2.20. The van der Waals surface area contributed by atoms with Crippen LogP contribution in [0, 0.1) is 0 Å². The Morgan fingerprint density at radius 1 is 1.27 bits per heavy atom. The van der Waals surface area contributed by atoms with Crippen molar-refractivity contribution >= 4 is 28.6 Å². The first-order valence-corrected chi connectivity index (χ1v) is 9.71. The molecule has 5 nitrogen and oxygen atoms in total. The fourth-order valence-electron chi connectivity index (χ4n) is 3.30. The van der Waals surface area contributed by atoms with Gasteiger partial charge in [-0.25, -0.2) is 0 Å². The van der Waals surface area contributed by atoms with E-state index in [0.29, 0.717) is 12.1 Å². The van der Waals surface area contributed by atoms with Crippen LogP contribution in [0.5, 0.6) is 0 Å². The molecule has 6 heteroatoms. The number of carbonyl (C=O) groups excluding carboxylic acids is 1. The van der Waals surface area contributed by atoms with E-state index in [1.165, 1.54) is 10.3 Å². The minimum Gasteiger partial charge on any atom is -0.356 e. The smallest absolute Gasteiger partial charge is 0.255 e. The minimum atomic E-state index is 0.0426. The molecule has 0 saturated carbocycles. The number of carbonyl (C=O) groups is 1. The van der Waals surface area contributed by atoms with Crippen molar-refractivity contribution in [3.63, 3.8) is 0 Å². The molecule has 26 heavy (non-hydrogen) atoms. The highest BCUT2D eigenvalue weighted by molar-refractivity contribution is 7.99. The lowest BCUT2D eigenvalue weighted by molar-refractivity contribution is 0.0752. The summed E-state index contributed by atoms with van der Waals surface area (Å²) in [5.41, 5.74) is 3.88. The first-order valence-electron chi connectivity index (χ1n) is 8.73. The van der Waals surface area contributed by atoms with Gasteiger partial charge in [0.25, 0.3) is 5.91 Å². The molecule has 4 rings (SSSR count). The Morgan fingerprint density at radius 2 is 2.12 bits per heavy atom. The first kappa shape index (κ1) is 17.1. The highest BCUT2D eigenvalue weighted by Gasteiger charge is 2.23. The van der Waals surface area contributed by atoms with Gasteiger partial charge in [0.15, 0.2) is 0 Å². The fourth-order valence-corrected chi connectivity index (χ4v) is 4.44. The number of nitrogens with zero attached hydrogens (tertiary/aromatic N) is 3. The van der Waals surface area contributed by atoms with Gasteiger partial charge in [0.05, 0.1) is 17.8 Å². The van der Waals surface area contributed by atoms with E-state index in [0.717, 1.165) is 35.7 Å².